The lowest BCUT2D eigenvalue weighted by Crippen LogP contribution is -2.51. The highest BCUT2D eigenvalue weighted by molar-refractivity contribution is 6.11. The first-order chi connectivity index (χ1) is 33.7. The Morgan fingerprint density at radius 3 is 0.912 bits per heavy atom. The zero-order valence-electron chi connectivity index (χ0n) is 38.2. The summed E-state index contributed by atoms with van der Waals surface area (Å²) in [6, 6.07) is 73.0. The van der Waals surface area contributed by atoms with E-state index >= 15 is 0 Å². The molecule has 10 aromatic carbocycles. The molecule has 0 N–H and O–H groups in total. The van der Waals surface area contributed by atoms with Crippen molar-refractivity contribution < 1.29 is 28.2 Å². The monoisotopic (exact) mass is 892 g/mol. The highest BCUT2D eigenvalue weighted by atomic mass is 16.5. The van der Waals surface area contributed by atoms with Crippen LogP contribution < -0.4 is 18.9 Å². The summed E-state index contributed by atoms with van der Waals surface area (Å²) in [6.45, 7) is 5.49. The molecule has 0 spiro atoms. The summed E-state index contributed by atoms with van der Waals surface area (Å²) in [5, 5.41) is 8.95. The van der Waals surface area contributed by atoms with Crippen molar-refractivity contribution in [2.45, 2.75) is 13.1 Å². The Kier molecular flexibility index (Phi) is 12.4. The summed E-state index contributed by atoms with van der Waals surface area (Å²) in [4.78, 5) is 0. The van der Waals surface area contributed by atoms with E-state index in [4.69, 9.17) is 23.7 Å². The number of hydrogen-bond donors (Lipinski definition) is 0. The van der Waals surface area contributed by atoms with Crippen molar-refractivity contribution in [1.82, 2.24) is 0 Å². The molecule has 336 valence electrons. The fourth-order valence-electron chi connectivity index (χ4n) is 10.2. The van der Waals surface area contributed by atoms with Crippen LogP contribution in [-0.4, -0.2) is 57.2 Å². The van der Waals surface area contributed by atoms with Crippen molar-refractivity contribution in [3.8, 4) is 45.3 Å². The van der Waals surface area contributed by atoms with Crippen LogP contribution in [0.4, 0.5) is 0 Å². The van der Waals surface area contributed by atoms with Gasteiger partial charge in [0, 0.05) is 33.4 Å². The fraction of sp³-hybridized carbons (Fsp3) is 0.161. The standard InChI is InChI=1S/C62H54NO5/c1-3-15-45(16-4-1)43-63(44-46-17-5-2-6-18-46)35-37-65-55-31-27-47-19-7-11-23-51(47)59(55)61-53-25-13-9-21-49(53)29-33-57(61)67-41-39-64-40-42-68-58-34-30-50-22-10-14-26-54(50)62(58)60-52-24-12-8-20-48(52)28-32-56(60)66-38-36-63/h1-34H,35-44H2/q+1. The minimum atomic E-state index is 0.364. The Labute approximate surface area is 398 Å². The van der Waals surface area contributed by atoms with Gasteiger partial charge in [0.05, 0.1) is 13.2 Å². The summed E-state index contributed by atoms with van der Waals surface area (Å²) in [5.41, 5.74) is 6.60. The second-order valence-corrected chi connectivity index (χ2v) is 17.7. The van der Waals surface area contributed by atoms with Crippen LogP contribution in [-0.2, 0) is 17.8 Å². The quantitative estimate of drug-likeness (QED) is 0.165. The van der Waals surface area contributed by atoms with E-state index in [1.807, 2.05) is 0 Å². The van der Waals surface area contributed by atoms with Gasteiger partial charge in [0.25, 0.3) is 0 Å². The van der Waals surface area contributed by atoms with Crippen molar-refractivity contribution >= 4 is 43.1 Å². The summed E-state index contributed by atoms with van der Waals surface area (Å²) in [5.74, 6) is 3.21. The second-order valence-electron chi connectivity index (χ2n) is 17.7. The van der Waals surface area contributed by atoms with E-state index in [1.165, 1.54) is 11.1 Å². The lowest BCUT2D eigenvalue weighted by molar-refractivity contribution is -0.953. The first-order valence-electron chi connectivity index (χ1n) is 23.8. The van der Waals surface area contributed by atoms with Gasteiger partial charge in [-0.2, -0.15) is 0 Å². The van der Waals surface area contributed by atoms with Gasteiger partial charge >= 0.3 is 0 Å². The van der Waals surface area contributed by atoms with Gasteiger partial charge < -0.3 is 28.2 Å². The normalized spacial score (nSPS) is 14.6. The van der Waals surface area contributed by atoms with Crippen molar-refractivity contribution in [2.75, 3.05) is 52.7 Å². The minimum absolute atomic E-state index is 0.364. The van der Waals surface area contributed by atoms with Crippen LogP contribution >= 0.6 is 0 Å². The lowest BCUT2D eigenvalue weighted by atomic mass is 9.92. The highest BCUT2D eigenvalue weighted by Gasteiger charge is 2.30. The maximum atomic E-state index is 7.18. The van der Waals surface area contributed by atoms with Crippen LogP contribution in [0, 0.1) is 0 Å². The molecule has 0 saturated heterocycles. The molecule has 0 atom stereocenters. The zero-order chi connectivity index (χ0) is 45.5. The summed E-state index contributed by atoms with van der Waals surface area (Å²) < 4.78 is 34.7. The number of rotatable bonds is 4. The smallest absolute Gasteiger partial charge is 0.137 e. The molecule has 0 aliphatic carbocycles. The molecule has 0 unspecified atom stereocenters. The Balaban J connectivity index is 1.05. The number of benzene rings is 10. The topological polar surface area (TPSA) is 46.2 Å². The summed E-state index contributed by atoms with van der Waals surface area (Å²) >= 11 is 0. The molecule has 11 rings (SSSR count). The van der Waals surface area contributed by atoms with Crippen LogP contribution in [0.15, 0.2) is 206 Å². The molecule has 0 radical (unpaired) electrons. The van der Waals surface area contributed by atoms with Crippen LogP contribution in [0.25, 0.3) is 65.3 Å². The predicted molar refractivity (Wildman–Crippen MR) is 277 cm³/mol. The van der Waals surface area contributed by atoms with Crippen molar-refractivity contribution in [2.24, 2.45) is 0 Å². The molecule has 1 aliphatic heterocycles. The first-order valence-corrected chi connectivity index (χ1v) is 23.8. The van der Waals surface area contributed by atoms with Gasteiger partial charge in [-0.25, -0.2) is 0 Å². The summed E-state index contributed by atoms with van der Waals surface area (Å²) in [6.07, 6.45) is 0. The SMILES string of the molecule is c1ccc(C[N+]2(Cc3ccccc3)CCOc3ccc4ccccc4c3-c3c(ccc4ccccc34)OCCOCCOc3ccc4ccccc4c3-c3c(ccc4ccccc34)OCC2)cc1. The maximum absolute atomic E-state index is 7.18. The molecular weight excluding hydrogens is 839 g/mol. The third-order valence-corrected chi connectivity index (χ3v) is 13.4. The van der Waals surface area contributed by atoms with Gasteiger partial charge in [0.15, 0.2) is 0 Å². The largest absolute Gasteiger partial charge is 0.491 e. The summed E-state index contributed by atoms with van der Waals surface area (Å²) in [7, 11) is 0. The highest BCUT2D eigenvalue weighted by Crippen LogP contribution is 2.47. The molecule has 0 saturated carbocycles. The predicted octanol–water partition coefficient (Wildman–Crippen LogP) is 14.1. The molecular formula is C62H54NO5+. The molecule has 0 aromatic heterocycles. The Morgan fingerprint density at radius 2 is 0.574 bits per heavy atom. The zero-order valence-corrected chi connectivity index (χ0v) is 38.2. The van der Waals surface area contributed by atoms with Gasteiger partial charge in [-0.05, 0) is 67.4 Å². The molecule has 0 amide bonds. The van der Waals surface area contributed by atoms with Crippen LogP contribution in [0.2, 0.25) is 0 Å². The number of nitrogens with zero attached hydrogens (tertiary/aromatic N) is 1. The van der Waals surface area contributed by atoms with E-state index in [1.54, 1.807) is 0 Å². The fourth-order valence-corrected chi connectivity index (χ4v) is 10.2. The van der Waals surface area contributed by atoms with Gasteiger partial charge in [0.2, 0.25) is 0 Å². The van der Waals surface area contributed by atoms with Crippen molar-refractivity contribution in [3.05, 3.63) is 217 Å². The molecule has 1 heterocycles. The van der Waals surface area contributed by atoms with E-state index in [2.05, 4.69) is 206 Å². The van der Waals surface area contributed by atoms with E-state index in [0.29, 0.717) is 44.1 Å². The van der Waals surface area contributed by atoms with Gasteiger partial charge in [-0.15, -0.1) is 0 Å². The molecule has 10 aromatic rings. The number of fused-ring (bicyclic) bond motifs is 14. The van der Waals surface area contributed by atoms with Crippen LogP contribution in [0.5, 0.6) is 23.0 Å². The van der Waals surface area contributed by atoms with Gasteiger partial charge in [-0.1, -0.05) is 182 Å². The van der Waals surface area contributed by atoms with E-state index < -0.39 is 0 Å². The molecule has 1 aliphatic rings. The van der Waals surface area contributed by atoms with Gasteiger partial charge in [-0.3, -0.25) is 0 Å². The number of ether oxygens (including phenoxy) is 5. The minimum Gasteiger partial charge on any atom is -0.491 e. The Hall–Kier alpha value is -7.64. The van der Waals surface area contributed by atoms with Crippen molar-refractivity contribution in [1.29, 1.82) is 0 Å². The van der Waals surface area contributed by atoms with Crippen molar-refractivity contribution in [3.63, 3.8) is 0 Å². The third-order valence-electron chi connectivity index (χ3n) is 13.4. The molecule has 0 bridgehead atoms. The van der Waals surface area contributed by atoms with Crippen LogP contribution in [0.3, 0.4) is 0 Å². The molecule has 0 fully saturated rings. The van der Waals surface area contributed by atoms with Gasteiger partial charge in [0.1, 0.15) is 75.6 Å². The second kappa shape index (κ2) is 19.7. The average Bonchev–Trinajstić information content (AvgIpc) is 3.38. The third kappa shape index (κ3) is 8.96. The Bertz CT molecular complexity index is 3130. The van der Waals surface area contributed by atoms with Crippen LogP contribution in [0.1, 0.15) is 11.1 Å². The molecule has 6 heteroatoms. The number of quaternary nitrogens is 1. The molecule has 68 heavy (non-hydrogen) atoms. The van der Waals surface area contributed by atoms with E-state index in [9.17, 15) is 0 Å². The lowest BCUT2D eigenvalue weighted by Gasteiger charge is -2.39. The maximum Gasteiger partial charge on any atom is 0.137 e. The number of hydrogen-bond acceptors (Lipinski definition) is 5. The molecule has 6 nitrogen and oxygen atoms in total. The van der Waals surface area contributed by atoms with E-state index in [0.717, 1.165) is 115 Å². The van der Waals surface area contributed by atoms with E-state index in [-0.39, 0.29) is 0 Å². The first kappa shape index (κ1) is 43.0. The Morgan fingerprint density at radius 1 is 0.279 bits per heavy atom. The average molecular weight is 893 g/mol.